The summed E-state index contributed by atoms with van der Waals surface area (Å²) in [5.41, 5.74) is -0.609. The first-order chi connectivity index (χ1) is 4.42. The molecule has 0 spiro atoms. The van der Waals surface area contributed by atoms with Crippen molar-refractivity contribution < 1.29 is 5.11 Å². The molecule has 0 aliphatic carbocycles. The molecule has 0 heterocycles. The van der Waals surface area contributed by atoms with Crippen LogP contribution in [0.4, 0.5) is 0 Å². The zero-order valence-corrected chi connectivity index (χ0v) is 7.39. The molecule has 1 N–H and O–H groups in total. The molecule has 0 aromatic heterocycles. The largest absolute Gasteiger partial charge is 0.389 e. The fourth-order valence-electron chi connectivity index (χ4n) is 0.764. The van der Waals surface area contributed by atoms with E-state index < -0.39 is 5.60 Å². The maximum absolute atomic E-state index is 9.79. The van der Waals surface area contributed by atoms with Gasteiger partial charge in [-0.1, -0.05) is 26.8 Å². The highest BCUT2D eigenvalue weighted by Crippen LogP contribution is 2.25. The highest BCUT2D eigenvalue weighted by Gasteiger charge is 2.29. The highest BCUT2D eigenvalue weighted by atomic mass is 16.3. The Bertz CT molecular complexity index is 114. The summed E-state index contributed by atoms with van der Waals surface area (Å²) in [4.78, 5) is 0. The fraction of sp³-hybridized carbons (Fsp3) is 0.778. The number of hydrogen-bond donors (Lipinski definition) is 1. The third-order valence-corrected chi connectivity index (χ3v) is 2.44. The Labute approximate surface area is 63.8 Å². The number of aliphatic hydroxyl groups is 1. The van der Waals surface area contributed by atoms with Crippen molar-refractivity contribution in [3.05, 3.63) is 12.7 Å². The van der Waals surface area contributed by atoms with Gasteiger partial charge in [0.2, 0.25) is 0 Å². The van der Waals surface area contributed by atoms with E-state index >= 15 is 0 Å². The van der Waals surface area contributed by atoms with Crippen LogP contribution in [0.15, 0.2) is 12.7 Å². The standard InChI is InChI=1S/C9H18O/c1-6-8(4)9(5,10)7(2)3/h6-8,10H,1H2,2-5H3/t8-,9+/m0/s1. The molecule has 0 aromatic rings. The first-order valence-corrected chi connectivity index (χ1v) is 3.77. The molecule has 0 unspecified atom stereocenters. The maximum Gasteiger partial charge on any atom is 0.0702 e. The van der Waals surface area contributed by atoms with Crippen molar-refractivity contribution in [2.75, 3.05) is 0 Å². The fourth-order valence-corrected chi connectivity index (χ4v) is 0.764. The van der Waals surface area contributed by atoms with Crippen LogP contribution in [0.25, 0.3) is 0 Å². The van der Waals surface area contributed by atoms with Crippen molar-refractivity contribution in [3.63, 3.8) is 0 Å². The molecule has 60 valence electrons. The van der Waals surface area contributed by atoms with Crippen molar-refractivity contribution in [2.45, 2.75) is 33.3 Å². The van der Waals surface area contributed by atoms with Gasteiger partial charge in [0, 0.05) is 5.92 Å². The SMILES string of the molecule is C=C[C@H](C)[C@](C)(O)C(C)C. The lowest BCUT2D eigenvalue weighted by Gasteiger charge is -2.32. The molecule has 1 nitrogen and oxygen atoms in total. The predicted octanol–water partition coefficient (Wildman–Crippen LogP) is 2.22. The van der Waals surface area contributed by atoms with Crippen LogP contribution in [-0.2, 0) is 0 Å². The van der Waals surface area contributed by atoms with Crippen molar-refractivity contribution in [1.82, 2.24) is 0 Å². The average molecular weight is 142 g/mol. The van der Waals surface area contributed by atoms with E-state index in [1.54, 1.807) is 6.08 Å². The van der Waals surface area contributed by atoms with Crippen LogP contribution in [0.3, 0.4) is 0 Å². The van der Waals surface area contributed by atoms with Gasteiger partial charge in [-0.25, -0.2) is 0 Å². The molecule has 0 aliphatic heterocycles. The van der Waals surface area contributed by atoms with Gasteiger partial charge in [-0.3, -0.25) is 0 Å². The zero-order valence-electron chi connectivity index (χ0n) is 7.39. The Morgan fingerprint density at radius 1 is 1.40 bits per heavy atom. The van der Waals surface area contributed by atoms with E-state index in [0.717, 1.165) is 0 Å². The van der Waals surface area contributed by atoms with Crippen LogP contribution < -0.4 is 0 Å². The quantitative estimate of drug-likeness (QED) is 0.599. The molecule has 0 saturated heterocycles. The Balaban J connectivity index is 4.22. The molecule has 0 saturated carbocycles. The monoisotopic (exact) mass is 142 g/mol. The maximum atomic E-state index is 9.79. The van der Waals surface area contributed by atoms with Crippen LogP contribution in [0, 0.1) is 11.8 Å². The van der Waals surface area contributed by atoms with E-state index in [9.17, 15) is 5.11 Å². The Hall–Kier alpha value is -0.300. The van der Waals surface area contributed by atoms with Crippen LogP contribution in [-0.4, -0.2) is 10.7 Å². The normalized spacial score (nSPS) is 20.2. The van der Waals surface area contributed by atoms with Gasteiger partial charge in [0.1, 0.15) is 0 Å². The van der Waals surface area contributed by atoms with E-state index in [1.807, 2.05) is 27.7 Å². The second-order valence-electron chi connectivity index (χ2n) is 3.40. The second-order valence-corrected chi connectivity index (χ2v) is 3.40. The summed E-state index contributed by atoms with van der Waals surface area (Å²) in [6.07, 6.45) is 1.79. The summed E-state index contributed by atoms with van der Waals surface area (Å²) in [6, 6.07) is 0. The van der Waals surface area contributed by atoms with Gasteiger partial charge < -0.3 is 5.11 Å². The number of rotatable bonds is 3. The van der Waals surface area contributed by atoms with Crippen molar-refractivity contribution in [2.24, 2.45) is 11.8 Å². The topological polar surface area (TPSA) is 20.2 Å². The van der Waals surface area contributed by atoms with Gasteiger partial charge in [-0.05, 0) is 12.8 Å². The van der Waals surface area contributed by atoms with Gasteiger partial charge in [0.05, 0.1) is 5.60 Å². The summed E-state index contributed by atoms with van der Waals surface area (Å²) in [5.74, 6) is 0.438. The molecule has 0 radical (unpaired) electrons. The average Bonchev–Trinajstić information content (AvgIpc) is 1.86. The smallest absolute Gasteiger partial charge is 0.0702 e. The number of hydrogen-bond acceptors (Lipinski definition) is 1. The lowest BCUT2D eigenvalue weighted by Crippen LogP contribution is -2.37. The highest BCUT2D eigenvalue weighted by molar-refractivity contribution is 4.91. The Morgan fingerprint density at radius 2 is 1.80 bits per heavy atom. The van der Waals surface area contributed by atoms with Gasteiger partial charge in [-0.2, -0.15) is 0 Å². The summed E-state index contributed by atoms with van der Waals surface area (Å²) in [6.45, 7) is 11.5. The van der Waals surface area contributed by atoms with Crippen molar-refractivity contribution >= 4 is 0 Å². The summed E-state index contributed by atoms with van der Waals surface area (Å²) < 4.78 is 0. The molecule has 0 fully saturated rings. The molecule has 10 heavy (non-hydrogen) atoms. The molecular formula is C9H18O. The molecule has 0 aromatic carbocycles. The third-order valence-electron chi connectivity index (χ3n) is 2.44. The summed E-state index contributed by atoms with van der Waals surface area (Å²) in [7, 11) is 0. The van der Waals surface area contributed by atoms with Crippen LogP contribution >= 0.6 is 0 Å². The molecule has 0 rings (SSSR count). The first kappa shape index (κ1) is 9.70. The minimum atomic E-state index is -0.609. The van der Waals surface area contributed by atoms with Crippen LogP contribution in [0.2, 0.25) is 0 Å². The van der Waals surface area contributed by atoms with E-state index in [1.165, 1.54) is 0 Å². The molecule has 0 aliphatic rings. The van der Waals surface area contributed by atoms with Gasteiger partial charge in [0.15, 0.2) is 0 Å². The molecule has 2 atom stereocenters. The minimum absolute atomic E-state index is 0.160. The Kier molecular flexibility index (Phi) is 3.10. The third kappa shape index (κ3) is 1.84. The molecule has 0 bridgehead atoms. The Morgan fingerprint density at radius 3 is 1.90 bits per heavy atom. The van der Waals surface area contributed by atoms with Gasteiger partial charge in [0.25, 0.3) is 0 Å². The summed E-state index contributed by atoms with van der Waals surface area (Å²) >= 11 is 0. The van der Waals surface area contributed by atoms with E-state index in [-0.39, 0.29) is 11.8 Å². The lowest BCUT2D eigenvalue weighted by molar-refractivity contribution is -0.0190. The summed E-state index contributed by atoms with van der Waals surface area (Å²) in [5, 5.41) is 9.79. The van der Waals surface area contributed by atoms with Crippen LogP contribution in [0.1, 0.15) is 27.7 Å². The van der Waals surface area contributed by atoms with E-state index in [2.05, 4.69) is 6.58 Å². The van der Waals surface area contributed by atoms with Crippen molar-refractivity contribution in [3.8, 4) is 0 Å². The first-order valence-electron chi connectivity index (χ1n) is 3.77. The van der Waals surface area contributed by atoms with Crippen molar-refractivity contribution in [1.29, 1.82) is 0 Å². The van der Waals surface area contributed by atoms with Gasteiger partial charge in [-0.15, -0.1) is 6.58 Å². The molecule has 0 amide bonds. The zero-order chi connectivity index (χ0) is 8.36. The predicted molar refractivity (Wildman–Crippen MR) is 44.8 cm³/mol. The van der Waals surface area contributed by atoms with E-state index in [4.69, 9.17) is 0 Å². The van der Waals surface area contributed by atoms with Gasteiger partial charge >= 0.3 is 0 Å². The van der Waals surface area contributed by atoms with E-state index in [0.29, 0.717) is 0 Å². The minimum Gasteiger partial charge on any atom is -0.389 e. The molecule has 1 heteroatoms. The lowest BCUT2D eigenvalue weighted by atomic mass is 9.81. The van der Waals surface area contributed by atoms with Crippen LogP contribution in [0.5, 0.6) is 0 Å². The molecular weight excluding hydrogens is 124 g/mol. The second kappa shape index (κ2) is 3.20.